The third kappa shape index (κ3) is 4.32. The fourth-order valence-electron chi connectivity index (χ4n) is 2.40. The summed E-state index contributed by atoms with van der Waals surface area (Å²) in [7, 11) is -3.52. The lowest BCUT2D eigenvalue weighted by molar-refractivity contribution is 0.102. The highest BCUT2D eigenvalue weighted by Crippen LogP contribution is 2.32. The minimum atomic E-state index is -3.52. The van der Waals surface area contributed by atoms with E-state index in [1.165, 1.54) is 30.4 Å². The first-order valence-electron chi connectivity index (χ1n) is 7.86. The molecule has 5 nitrogen and oxygen atoms in total. The summed E-state index contributed by atoms with van der Waals surface area (Å²) in [5, 5.41) is 5.70. The summed E-state index contributed by atoms with van der Waals surface area (Å²) >= 11 is 13.3. The summed E-state index contributed by atoms with van der Waals surface area (Å²) in [5.41, 5.74) is 1.36. The topological polar surface area (TPSA) is 76.1 Å². The number of nitrogens with one attached hydrogen (secondary N) is 1. The number of thiazole rings is 1. The molecule has 0 aliphatic rings. The molecule has 140 valence electrons. The van der Waals surface area contributed by atoms with Crippen LogP contribution in [0.5, 0.6) is 0 Å². The molecule has 0 bridgehead atoms. The zero-order chi connectivity index (χ0) is 19.6. The predicted octanol–water partition coefficient (Wildman–Crippen LogP) is 5.16. The summed E-state index contributed by atoms with van der Waals surface area (Å²) in [4.78, 5) is 17.0. The average Bonchev–Trinajstić information content (AvgIpc) is 3.09. The maximum absolute atomic E-state index is 12.6. The molecule has 0 saturated carbocycles. The van der Waals surface area contributed by atoms with E-state index in [0.29, 0.717) is 26.4 Å². The first kappa shape index (κ1) is 19.8. The van der Waals surface area contributed by atoms with Crippen molar-refractivity contribution >= 4 is 55.4 Å². The molecule has 27 heavy (non-hydrogen) atoms. The van der Waals surface area contributed by atoms with E-state index < -0.39 is 15.7 Å². The standard InChI is InChI=1S/C18H14Cl2N2O3S2/c1-2-27(24,25)16-6-4-3-5-13(16)17(23)22-18-21-15(10-26-18)12-8-7-11(19)9-14(12)20/h3-10H,2H2,1H3,(H,21,22,23). The van der Waals surface area contributed by atoms with Crippen LogP contribution in [-0.2, 0) is 9.84 Å². The Morgan fingerprint density at radius 2 is 1.93 bits per heavy atom. The Hall–Kier alpha value is -1.93. The lowest BCUT2D eigenvalue weighted by atomic mass is 10.2. The number of rotatable bonds is 5. The Bertz CT molecular complexity index is 1110. The van der Waals surface area contributed by atoms with Gasteiger partial charge in [0.2, 0.25) is 0 Å². The molecule has 0 fully saturated rings. The van der Waals surface area contributed by atoms with Gasteiger partial charge in [-0.2, -0.15) is 0 Å². The number of amides is 1. The quantitative estimate of drug-likeness (QED) is 0.593. The highest BCUT2D eigenvalue weighted by Gasteiger charge is 2.21. The molecule has 1 amide bonds. The van der Waals surface area contributed by atoms with Gasteiger partial charge in [0, 0.05) is 16.0 Å². The highest BCUT2D eigenvalue weighted by molar-refractivity contribution is 7.91. The van der Waals surface area contributed by atoms with E-state index in [-0.39, 0.29) is 16.2 Å². The normalized spacial score (nSPS) is 11.4. The summed E-state index contributed by atoms with van der Waals surface area (Å²) in [6, 6.07) is 11.2. The summed E-state index contributed by atoms with van der Waals surface area (Å²) in [6.07, 6.45) is 0. The molecule has 0 aliphatic heterocycles. The minimum Gasteiger partial charge on any atom is -0.298 e. The van der Waals surface area contributed by atoms with E-state index in [1.54, 1.807) is 35.7 Å². The van der Waals surface area contributed by atoms with Crippen LogP contribution in [0.2, 0.25) is 10.0 Å². The number of hydrogen-bond acceptors (Lipinski definition) is 5. The number of benzene rings is 2. The number of nitrogens with zero attached hydrogens (tertiary/aromatic N) is 1. The van der Waals surface area contributed by atoms with Crippen LogP contribution < -0.4 is 5.32 Å². The van der Waals surface area contributed by atoms with Crippen molar-refractivity contribution in [1.29, 1.82) is 0 Å². The molecule has 3 aromatic rings. The van der Waals surface area contributed by atoms with E-state index in [9.17, 15) is 13.2 Å². The molecule has 1 N–H and O–H groups in total. The first-order valence-corrected chi connectivity index (χ1v) is 11.1. The molecule has 2 aromatic carbocycles. The molecule has 0 spiro atoms. The van der Waals surface area contributed by atoms with E-state index in [2.05, 4.69) is 10.3 Å². The van der Waals surface area contributed by atoms with Crippen LogP contribution in [0.3, 0.4) is 0 Å². The van der Waals surface area contributed by atoms with Gasteiger partial charge in [-0.1, -0.05) is 42.3 Å². The van der Waals surface area contributed by atoms with Crippen molar-refractivity contribution < 1.29 is 13.2 Å². The van der Waals surface area contributed by atoms with Crippen LogP contribution in [0.15, 0.2) is 52.7 Å². The van der Waals surface area contributed by atoms with Crippen molar-refractivity contribution in [3.8, 4) is 11.3 Å². The van der Waals surface area contributed by atoms with Gasteiger partial charge in [0.05, 0.1) is 26.9 Å². The zero-order valence-electron chi connectivity index (χ0n) is 14.1. The van der Waals surface area contributed by atoms with Crippen molar-refractivity contribution in [2.24, 2.45) is 0 Å². The third-order valence-corrected chi connectivity index (χ3v) is 6.87. The van der Waals surface area contributed by atoms with E-state index in [0.717, 1.165) is 0 Å². The Morgan fingerprint density at radius 3 is 2.63 bits per heavy atom. The lowest BCUT2D eigenvalue weighted by Crippen LogP contribution is -2.17. The van der Waals surface area contributed by atoms with E-state index >= 15 is 0 Å². The molecule has 0 unspecified atom stereocenters. The van der Waals surface area contributed by atoms with Crippen LogP contribution in [0.4, 0.5) is 5.13 Å². The minimum absolute atomic E-state index is 0.00234. The molecule has 3 rings (SSSR count). The van der Waals surface area contributed by atoms with Crippen LogP contribution >= 0.6 is 34.5 Å². The molecular weight excluding hydrogens is 427 g/mol. The van der Waals surface area contributed by atoms with Gasteiger partial charge < -0.3 is 0 Å². The SMILES string of the molecule is CCS(=O)(=O)c1ccccc1C(=O)Nc1nc(-c2ccc(Cl)cc2Cl)cs1. The first-order chi connectivity index (χ1) is 12.8. The lowest BCUT2D eigenvalue weighted by Gasteiger charge is -2.08. The number of halogens is 2. The monoisotopic (exact) mass is 440 g/mol. The van der Waals surface area contributed by atoms with Gasteiger partial charge in [0.25, 0.3) is 5.91 Å². The second-order valence-corrected chi connectivity index (χ2v) is 9.46. The van der Waals surface area contributed by atoms with Crippen LogP contribution in [0.1, 0.15) is 17.3 Å². The van der Waals surface area contributed by atoms with Crippen molar-refractivity contribution in [3.05, 3.63) is 63.5 Å². The molecule has 0 aliphatic carbocycles. The van der Waals surface area contributed by atoms with E-state index in [1.807, 2.05) is 0 Å². The highest BCUT2D eigenvalue weighted by atomic mass is 35.5. The number of carbonyl (C=O) groups is 1. The second kappa shape index (κ2) is 7.98. The number of hydrogen-bond donors (Lipinski definition) is 1. The number of anilines is 1. The van der Waals surface area contributed by atoms with Crippen LogP contribution in [-0.4, -0.2) is 25.1 Å². The maximum Gasteiger partial charge on any atom is 0.258 e. The number of carbonyl (C=O) groups excluding carboxylic acids is 1. The molecule has 1 aromatic heterocycles. The number of sulfone groups is 1. The van der Waals surface area contributed by atoms with Gasteiger partial charge in [0.1, 0.15) is 0 Å². The van der Waals surface area contributed by atoms with Gasteiger partial charge in [-0.15, -0.1) is 11.3 Å². The van der Waals surface area contributed by atoms with Crippen molar-refractivity contribution in [1.82, 2.24) is 4.98 Å². The number of aromatic nitrogens is 1. The van der Waals surface area contributed by atoms with Crippen molar-refractivity contribution in [2.45, 2.75) is 11.8 Å². The smallest absolute Gasteiger partial charge is 0.258 e. The van der Waals surface area contributed by atoms with E-state index in [4.69, 9.17) is 23.2 Å². The van der Waals surface area contributed by atoms with Crippen molar-refractivity contribution in [3.63, 3.8) is 0 Å². The zero-order valence-corrected chi connectivity index (χ0v) is 17.2. The van der Waals surface area contributed by atoms with Crippen LogP contribution in [0.25, 0.3) is 11.3 Å². The fourth-order valence-corrected chi connectivity index (χ4v) is 4.70. The third-order valence-electron chi connectivity index (χ3n) is 3.78. The molecule has 9 heteroatoms. The molecule has 0 saturated heterocycles. The maximum atomic E-state index is 12.6. The Kier molecular flexibility index (Phi) is 5.86. The van der Waals surface area contributed by atoms with Crippen LogP contribution in [0, 0.1) is 0 Å². The van der Waals surface area contributed by atoms with Crippen molar-refractivity contribution in [2.75, 3.05) is 11.1 Å². The van der Waals surface area contributed by atoms with Gasteiger partial charge in [-0.25, -0.2) is 13.4 Å². The Morgan fingerprint density at radius 1 is 1.19 bits per heavy atom. The molecule has 0 radical (unpaired) electrons. The summed E-state index contributed by atoms with van der Waals surface area (Å²) < 4.78 is 24.4. The Balaban J connectivity index is 1.88. The summed E-state index contributed by atoms with van der Waals surface area (Å²) in [6.45, 7) is 1.53. The Labute approximate surface area is 170 Å². The fraction of sp³-hybridized carbons (Fsp3) is 0.111. The second-order valence-electron chi connectivity index (χ2n) is 5.52. The van der Waals surface area contributed by atoms with Gasteiger partial charge >= 0.3 is 0 Å². The van der Waals surface area contributed by atoms with Gasteiger partial charge in [-0.05, 0) is 30.3 Å². The predicted molar refractivity (Wildman–Crippen MR) is 110 cm³/mol. The molecule has 1 heterocycles. The van der Waals surface area contributed by atoms with Gasteiger partial charge in [0.15, 0.2) is 15.0 Å². The summed E-state index contributed by atoms with van der Waals surface area (Å²) in [5.74, 6) is -0.626. The molecule has 0 atom stereocenters. The average molecular weight is 441 g/mol. The van der Waals surface area contributed by atoms with Gasteiger partial charge in [-0.3, -0.25) is 10.1 Å². The largest absolute Gasteiger partial charge is 0.298 e. The molecular formula is C18H14Cl2N2O3S2.